The van der Waals surface area contributed by atoms with Crippen LogP contribution in [0, 0.1) is 19.8 Å². The van der Waals surface area contributed by atoms with Crippen molar-refractivity contribution in [2.24, 2.45) is 13.0 Å². The SMILES string of the molecule is Cc1ccc(-c2nc(CO[C@H]3CCC[C@@H](CCc4sc(=O)n(C)c4O)C3)c(C)o2)cc1. The lowest BCUT2D eigenvalue weighted by atomic mass is 9.84. The van der Waals surface area contributed by atoms with E-state index < -0.39 is 0 Å². The summed E-state index contributed by atoms with van der Waals surface area (Å²) in [4.78, 5) is 17.0. The summed E-state index contributed by atoms with van der Waals surface area (Å²) in [5, 5.41) is 10.1. The predicted octanol–water partition coefficient (Wildman–Crippen LogP) is 5.13. The molecule has 2 atom stereocenters. The molecule has 4 rings (SSSR count). The van der Waals surface area contributed by atoms with E-state index in [4.69, 9.17) is 9.15 Å². The molecule has 3 aromatic rings. The molecule has 31 heavy (non-hydrogen) atoms. The van der Waals surface area contributed by atoms with E-state index in [-0.39, 0.29) is 16.9 Å². The van der Waals surface area contributed by atoms with Gasteiger partial charge in [0, 0.05) is 12.6 Å². The van der Waals surface area contributed by atoms with Gasteiger partial charge in [0.2, 0.25) is 11.8 Å². The fraction of sp³-hybridized carbons (Fsp3) is 0.500. The number of hydrogen-bond acceptors (Lipinski definition) is 6. The Morgan fingerprint density at radius 2 is 2.03 bits per heavy atom. The van der Waals surface area contributed by atoms with Crippen LogP contribution in [0.2, 0.25) is 0 Å². The summed E-state index contributed by atoms with van der Waals surface area (Å²) in [7, 11) is 1.61. The summed E-state index contributed by atoms with van der Waals surface area (Å²) >= 11 is 1.15. The third-order valence-electron chi connectivity index (χ3n) is 6.21. The van der Waals surface area contributed by atoms with E-state index in [0.717, 1.165) is 65.3 Å². The van der Waals surface area contributed by atoms with Crippen LogP contribution in [0.25, 0.3) is 11.5 Å². The number of thiazole rings is 1. The van der Waals surface area contributed by atoms with Gasteiger partial charge < -0.3 is 14.3 Å². The molecule has 1 N–H and O–H groups in total. The number of aryl methyl sites for hydroxylation is 3. The smallest absolute Gasteiger partial charge is 0.309 e. The molecule has 1 fully saturated rings. The van der Waals surface area contributed by atoms with Crippen LogP contribution in [0.3, 0.4) is 0 Å². The summed E-state index contributed by atoms with van der Waals surface area (Å²) in [5.74, 6) is 2.10. The zero-order valence-electron chi connectivity index (χ0n) is 18.4. The van der Waals surface area contributed by atoms with Gasteiger partial charge in [-0.05, 0) is 57.6 Å². The van der Waals surface area contributed by atoms with Gasteiger partial charge >= 0.3 is 4.87 Å². The molecule has 0 aliphatic heterocycles. The molecule has 0 radical (unpaired) electrons. The van der Waals surface area contributed by atoms with Crippen LogP contribution >= 0.6 is 11.3 Å². The van der Waals surface area contributed by atoms with Crippen molar-refractivity contribution in [1.82, 2.24) is 9.55 Å². The molecule has 0 amide bonds. The molecule has 0 bridgehead atoms. The fourth-order valence-electron chi connectivity index (χ4n) is 4.22. The molecule has 0 saturated heterocycles. The maximum absolute atomic E-state index is 11.7. The van der Waals surface area contributed by atoms with Gasteiger partial charge in [0.1, 0.15) is 11.5 Å². The molecule has 1 aliphatic rings. The monoisotopic (exact) mass is 442 g/mol. The average Bonchev–Trinajstić information content (AvgIpc) is 3.26. The van der Waals surface area contributed by atoms with Crippen molar-refractivity contribution in [3.05, 3.63) is 55.8 Å². The quantitative estimate of drug-likeness (QED) is 0.549. The van der Waals surface area contributed by atoms with Crippen LogP contribution in [-0.2, 0) is 24.8 Å². The average molecular weight is 443 g/mol. The van der Waals surface area contributed by atoms with Gasteiger partial charge in [-0.2, -0.15) is 0 Å². The lowest BCUT2D eigenvalue weighted by molar-refractivity contribution is -0.000497. The minimum atomic E-state index is -0.106. The number of oxazole rings is 1. The van der Waals surface area contributed by atoms with Crippen molar-refractivity contribution < 1.29 is 14.3 Å². The van der Waals surface area contributed by atoms with Crippen molar-refractivity contribution >= 4 is 11.3 Å². The Labute approximate surface area is 186 Å². The van der Waals surface area contributed by atoms with Gasteiger partial charge in [0.25, 0.3) is 0 Å². The molecule has 7 heteroatoms. The van der Waals surface area contributed by atoms with E-state index in [1.807, 2.05) is 19.1 Å². The normalized spacial score (nSPS) is 19.1. The third kappa shape index (κ3) is 5.10. The Bertz CT molecular complexity index is 1080. The third-order valence-corrected chi connectivity index (χ3v) is 7.29. The topological polar surface area (TPSA) is 77.5 Å². The standard InChI is InChI=1S/C24H30N2O4S/c1-15-7-10-18(11-8-15)22-25-20(16(2)30-22)14-29-19-6-4-5-17(13-19)9-12-21-23(27)26(3)24(28)31-21/h7-8,10-11,17,19,27H,4-6,9,12-14H2,1-3H3/t17-,19-/m0/s1. The largest absolute Gasteiger partial charge is 0.494 e. The molecular formula is C24H30N2O4S. The molecule has 1 aliphatic carbocycles. The maximum Gasteiger partial charge on any atom is 0.309 e. The number of aromatic nitrogens is 2. The van der Waals surface area contributed by atoms with E-state index >= 15 is 0 Å². The van der Waals surface area contributed by atoms with Gasteiger partial charge in [-0.15, -0.1) is 0 Å². The second-order valence-electron chi connectivity index (χ2n) is 8.57. The number of aromatic hydroxyl groups is 1. The molecule has 0 unspecified atom stereocenters. The van der Waals surface area contributed by atoms with E-state index in [1.165, 1.54) is 16.6 Å². The van der Waals surface area contributed by atoms with Gasteiger partial charge in [0.15, 0.2) is 0 Å². The zero-order valence-corrected chi connectivity index (χ0v) is 19.2. The number of hydrogen-bond donors (Lipinski definition) is 1. The summed E-state index contributed by atoms with van der Waals surface area (Å²) in [6.07, 6.45) is 6.29. The van der Waals surface area contributed by atoms with Crippen molar-refractivity contribution in [2.45, 2.75) is 65.1 Å². The predicted molar refractivity (Wildman–Crippen MR) is 121 cm³/mol. The summed E-state index contributed by atoms with van der Waals surface area (Å²) in [6.45, 7) is 4.45. The van der Waals surface area contributed by atoms with E-state index in [0.29, 0.717) is 18.4 Å². The van der Waals surface area contributed by atoms with Crippen LogP contribution in [0.5, 0.6) is 5.88 Å². The highest BCUT2D eigenvalue weighted by Gasteiger charge is 2.24. The van der Waals surface area contributed by atoms with Crippen molar-refractivity contribution in [1.29, 1.82) is 0 Å². The first-order valence-corrected chi connectivity index (χ1v) is 11.7. The van der Waals surface area contributed by atoms with Gasteiger partial charge in [-0.1, -0.05) is 41.9 Å². The number of rotatable bonds is 7. The summed E-state index contributed by atoms with van der Waals surface area (Å²) < 4.78 is 13.4. The molecule has 1 aromatic carbocycles. The second kappa shape index (κ2) is 9.40. The minimum absolute atomic E-state index is 0.106. The zero-order chi connectivity index (χ0) is 22.0. The van der Waals surface area contributed by atoms with Crippen LogP contribution < -0.4 is 4.87 Å². The first-order valence-electron chi connectivity index (χ1n) is 10.9. The number of ether oxygens (including phenoxy) is 1. The van der Waals surface area contributed by atoms with E-state index in [2.05, 4.69) is 24.0 Å². The van der Waals surface area contributed by atoms with Crippen molar-refractivity contribution in [3.8, 4) is 17.3 Å². The highest BCUT2D eigenvalue weighted by molar-refractivity contribution is 7.09. The van der Waals surface area contributed by atoms with Crippen LogP contribution in [-0.4, -0.2) is 20.8 Å². The van der Waals surface area contributed by atoms with Gasteiger partial charge in [0.05, 0.1) is 17.6 Å². The first kappa shape index (κ1) is 21.8. The van der Waals surface area contributed by atoms with Gasteiger partial charge in [-0.25, -0.2) is 4.98 Å². The molecule has 6 nitrogen and oxygen atoms in total. The van der Waals surface area contributed by atoms with Crippen LogP contribution in [0.15, 0.2) is 33.5 Å². The van der Waals surface area contributed by atoms with Crippen molar-refractivity contribution in [3.63, 3.8) is 0 Å². The molecular weight excluding hydrogens is 412 g/mol. The lowest BCUT2D eigenvalue weighted by Gasteiger charge is -2.29. The van der Waals surface area contributed by atoms with Gasteiger partial charge in [-0.3, -0.25) is 9.36 Å². The first-order chi connectivity index (χ1) is 14.9. The highest BCUT2D eigenvalue weighted by atomic mass is 32.1. The Morgan fingerprint density at radius 1 is 1.26 bits per heavy atom. The fourth-order valence-corrected chi connectivity index (χ4v) is 5.11. The molecule has 2 heterocycles. The number of benzene rings is 1. The Hall–Kier alpha value is -2.38. The lowest BCUT2D eigenvalue weighted by Crippen LogP contribution is -2.23. The Morgan fingerprint density at radius 3 is 2.74 bits per heavy atom. The van der Waals surface area contributed by atoms with Crippen LogP contribution in [0.4, 0.5) is 0 Å². The van der Waals surface area contributed by atoms with Crippen LogP contribution in [0.1, 0.15) is 54.0 Å². The molecule has 166 valence electrons. The molecule has 2 aromatic heterocycles. The summed E-state index contributed by atoms with van der Waals surface area (Å²) in [6, 6.07) is 8.17. The highest BCUT2D eigenvalue weighted by Crippen LogP contribution is 2.32. The second-order valence-corrected chi connectivity index (χ2v) is 9.61. The number of nitrogens with zero attached hydrogens (tertiary/aromatic N) is 2. The maximum atomic E-state index is 11.7. The Kier molecular flexibility index (Phi) is 6.62. The molecule has 1 saturated carbocycles. The summed E-state index contributed by atoms with van der Waals surface area (Å²) in [5.41, 5.74) is 3.04. The minimum Gasteiger partial charge on any atom is -0.494 e. The van der Waals surface area contributed by atoms with E-state index in [9.17, 15) is 9.90 Å². The molecule has 0 spiro atoms. The van der Waals surface area contributed by atoms with Crippen molar-refractivity contribution in [2.75, 3.05) is 0 Å². The Balaban J connectivity index is 1.31. The van der Waals surface area contributed by atoms with E-state index in [1.54, 1.807) is 7.05 Å².